The van der Waals surface area contributed by atoms with Crippen LogP contribution < -0.4 is 24.3 Å². The third-order valence-electron chi connectivity index (χ3n) is 6.73. The molecule has 4 heterocycles. The van der Waals surface area contributed by atoms with Gasteiger partial charge in [-0.25, -0.2) is 4.98 Å². The smallest absolute Gasteiger partial charge is 0.493 e. The second-order valence-electron chi connectivity index (χ2n) is 10.5. The summed E-state index contributed by atoms with van der Waals surface area (Å²) in [6, 6.07) is 23.1. The van der Waals surface area contributed by atoms with E-state index in [9.17, 15) is 8.78 Å². The van der Waals surface area contributed by atoms with E-state index in [1.165, 1.54) is 47.2 Å². The van der Waals surface area contributed by atoms with Crippen molar-refractivity contribution in [3.8, 4) is 23.0 Å². The summed E-state index contributed by atoms with van der Waals surface area (Å²) in [4.78, 5) is 3.99. The van der Waals surface area contributed by atoms with Crippen LogP contribution in [-0.4, -0.2) is 24.6 Å². The number of benzene rings is 4. The lowest BCUT2D eigenvalue weighted by Gasteiger charge is -2.16. The summed E-state index contributed by atoms with van der Waals surface area (Å²) in [7, 11) is 0. The summed E-state index contributed by atoms with van der Waals surface area (Å²) in [5.41, 5.74) is 8.91. The van der Waals surface area contributed by atoms with Gasteiger partial charge in [0.1, 0.15) is 17.0 Å². The van der Waals surface area contributed by atoms with Crippen molar-refractivity contribution in [2.24, 2.45) is 0 Å². The molecule has 9 heteroatoms. The largest absolute Gasteiger partial charge is 0.586 e. The Bertz CT molecular complexity index is 1700. The van der Waals surface area contributed by atoms with E-state index in [0.29, 0.717) is 6.73 Å². The van der Waals surface area contributed by atoms with Crippen LogP contribution in [0.2, 0.25) is 0 Å². The Kier molecular flexibility index (Phi) is 8.99. The van der Waals surface area contributed by atoms with Gasteiger partial charge in [-0.15, -0.1) is 8.78 Å². The van der Waals surface area contributed by atoms with Crippen molar-refractivity contribution in [1.29, 1.82) is 0 Å². The van der Waals surface area contributed by atoms with Crippen molar-refractivity contribution in [2.75, 3.05) is 18.7 Å². The zero-order chi connectivity index (χ0) is 30.4. The fraction of sp³-hybridized carbons (Fsp3) is 0.265. The number of aryl methyl sites for hydroxylation is 5. The van der Waals surface area contributed by atoms with Crippen LogP contribution in [0.3, 0.4) is 0 Å². The molecule has 224 valence electrons. The van der Waals surface area contributed by atoms with Crippen LogP contribution in [0.15, 0.2) is 83.6 Å². The van der Waals surface area contributed by atoms with Gasteiger partial charge in [0.2, 0.25) is 0 Å². The zero-order valence-corrected chi connectivity index (χ0v) is 24.6. The van der Waals surface area contributed by atoms with Gasteiger partial charge >= 0.3 is 6.29 Å². The molecule has 0 aliphatic carbocycles. The Balaban J connectivity index is 0.000000114. The minimum absolute atomic E-state index is 0.0885. The highest BCUT2D eigenvalue weighted by Crippen LogP contribution is 2.41. The number of hydrogen-bond acceptors (Lipinski definition) is 7. The van der Waals surface area contributed by atoms with Crippen molar-refractivity contribution < 1.29 is 32.1 Å². The highest BCUT2D eigenvalue weighted by atomic mass is 19.3. The average molecular weight is 589 g/mol. The summed E-state index contributed by atoms with van der Waals surface area (Å²) in [6.07, 6.45) is 0.299. The standard InChI is InChI=1S/C10H12O.C8H6F2O2.C8H9NO.C8H7NO/c1-8-4-5-10-9(7-8)3-2-6-11-10;1-5-2-3-6-7(4-5)12-8(9,10)11-6;1-6-2-3-8-7(4-6)9-5-10-8;1-6-2-3-7-8(4-6)10-5-9-7/h4-5,7H,2-3,6H2,1H3;2-4H,1H3;2-4,9H,5H2,1H3;2-5H,1H3. The summed E-state index contributed by atoms with van der Waals surface area (Å²) in [5, 5.41) is 3.12. The van der Waals surface area contributed by atoms with E-state index in [-0.39, 0.29) is 11.5 Å². The first-order valence-electron chi connectivity index (χ1n) is 14.0. The first kappa shape index (κ1) is 29.7. The molecule has 0 saturated carbocycles. The Morgan fingerprint density at radius 1 is 0.698 bits per heavy atom. The third-order valence-corrected chi connectivity index (χ3v) is 6.73. The van der Waals surface area contributed by atoms with Crippen LogP contribution in [0.5, 0.6) is 23.0 Å². The van der Waals surface area contributed by atoms with Crippen LogP contribution in [0.25, 0.3) is 11.1 Å². The topological polar surface area (TPSA) is 75.0 Å². The number of fused-ring (bicyclic) bond motifs is 4. The van der Waals surface area contributed by atoms with Crippen LogP contribution in [-0.2, 0) is 6.42 Å². The molecule has 0 saturated heterocycles. The number of oxazole rings is 1. The molecule has 0 amide bonds. The van der Waals surface area contributed by atoms with Crippen LogP contribution >= 0.6 is 0 Å². The zero-order valence-electron chi connectivity index (χ0n) is 24.6. The molecule has 0 fully saturated rings. The maximum atomic E-state index is 12.4. The molecule has 0 unspecified atom stereocenters. The van der Waals surface area contributed by atoms with Gasteiger partial charge < -0.3 is 28.7 Å². The Morgan fingerprint density at radius 2 is 1.35 bits per heavy atom. The molecule has 8 rings (SSSR count). The average Bonchev–Trinajstić information content (AvgIpc) is 3.71. The SMILES string of the molecule is Cc1ccc2c(c1)CCCO2.Cc1ccc2c(c1)NCO2.Cc1ccc2c(c1)OC(F)(F)O2.Cc1ccc2ncoc2c1. The second-order valence-corrected chi connectivity index (χ2v) is 10.5. The molecule has 3 aliphatic rings. The fourth-order valence-electron chi connectivity index (χ4n) is 4.61. The third kappa shape index (κ3) is 7.94. The van der Waals surface area contributed by atoms with E-state index in [1.807, 2.05) is 37.3 Å². The van der Waals surface area contributed by atoms with E-state index in [4.69, 9.17) is 13.9 Å². The first-order chi connectivity index (χ1) is 20.6. The maximum absolute atomic E-state index is 12.4. The summed E-state index contributed by atoms with van der Waals surface area (Å²) in [5.74, 6) is 2.23. The van der Waals surface area contributed by atoms with Crippen LogP contribution in [0.4, 0.5) is 14.5 Å². The van der Waals surface area contributed by atoms with Gasteiger partial charge in [0.05, 0.1) is 12.3 Å². The molecule has 0 atom stereocenters. The molecule has 7 nitrogen and oxygen atoms in total. The number of hydrogen-bond donors (Lipinski definition) is 1. The van der Waals surface area contributed by atoms with Gasteiger partial charge in [0, 0.05) is 0 Å². The van der Waals surface area contributed by atoms with Gasteiger partial charge in [-0.1, -0.05) is 35.9 Å². The fourth-order valence-corrected chi connectivity index (χ4v) is 4.61. The molecule has 0 radical (unpaired) electrons. The van der Waals surface area contributed by atoms with Crippen LogP contribution in [0, 0.1) is 27.7 Å². The van der Waals surface area contributed by atoms with Crippen molar-refractivity contribution in [3.63, 3.8) is 0 Å². The van der Waals surface area contributed by atoms with Gasteiger partial charge in [0.25, 0.3) is 0 Å². The predicted octanol–water partition coefficient (Wildman–Crippen LogP) is 8.53. The van der Waals surface area contributed by atoms with Gasteiger partial charge in [-0.2, -0.15) is 0 Å². The number of nitrogens with one attached hydrogen (secondary N) is 1. The molecule has 0 spiro atoms. The second kappa shape index (κ2) is 13.0. The number of aromatic nitrogens is 1. The Hall–Kier alpha value is -4.79. The number of rotatable bonds is 0. The molecule has 1 N–H and O–H groups in total. The highest BCUT2D eigenvalue weighted by molar-refractivity contribution is 5.72. The highest BCUT2D eigenvalue weighted by Gasteiger charge is 2.43. The molecule has 5 aromatic rings. The van der Waals surface area contributed by atoms with Gasteiger partial charge in [-0.3, -0.25) is 0 Å². The van der Waals surface area contributed by atoms with Gasteiger partial charge in [0.15, 0.2) is 30.2 Å². The minimum atomic E-state index is -3.50. The molecular formula is C34H34F2N2O5. The molecule has 1 aromatic heterocycles. The van der Waals surface area contributed by atoms with E-state index in [1.54, 1.807) is 13.0 Å². The van der Waals surface area contributed by atoms with E-state index < -0.39 is 6.29 Å². The number of alkyl halides is 2. The molecule has 4 aromatic carbocycles. The number of halogens is 2. The summed E-state index contributed by atoms with van der Waals surface area (Å²) in [6.45, 7) is 9.51. The lowest BCUT2D eigenvalue weighted by molar-refractivity contribution is -0.286. The number of anilines is 1. The van der Waals surface area contributed by atoms with E-state index >= 15 is 0 Å². The summed E-state index contributed by atoms with van der Waals surface area (Å²) >= 11 is 0. The first-order valence-corrected chi connectivity index (χ1v) is 14.0. The molecule has 3 aliphatic heterocycles. The van der Waals surface area contributed by atoms with E-state index in [0.717, 1.165) is 46.9 Å². The van der Waals surface area contributed by atoms with Gasteiger partial charge in [-0.05, 0) is 105 Å². The van der Waals surface area contributed by atoms with Crippen molar-refractivity contribution in [1.82, 2.24) is 4.98 Å². The Morgan fingerprint density at radius 3 is 2.16 bits per heavy atom. The van der Waals surface area contributed by atoms with E-state index in [2.05, 4.69) is 57.9 Å². The minimum Gasteiger partial charge on any atom is -0.493 e. The number of nitrogens with zero attached hydrogens (tertiary/aromatic N) is 1. The molecule has 0 bridgehead atoms. The molecular weight excluding hydrogens is 554 g/mol. The Labute approximate surface area is 249 Å². The monoisotopic (exact) mass is 588 g/mol. The normalized spacial score (nSPS) is 14.6. The predicted molar refractivity (Wildman–Crippen MR) is 161 cm³/mol. The summed E-state index contributed by atoms with van der Waals surface area (Å²) < 4.78 is 49.1. The molecule has 43 heavy (non-hydrogen) atoms. The van der Waals surface area contributed by atoms with Crippen molar-refractivity contribution >= 4 is 16.8 Å². The van der Waals surface area contributed by atoms with Crippen molar-refractivity contribution in [2.45, 2.75) is 46.8 Å². The lowest BCUT2D eigenvalue weighted by Crippen LogP contribution is -2.25. The quantitative estimate of drug-likeness (QED) is 0.194. The maximum Gasteiger partial charge on any atom is 0.586 e. The van der Waals surface area contributed by atoms with Crippen LogP contribution in [0.1, 0.15) is 34.2 Å². The lowest BCUT2D eigenvalue weighted by atomic mass is 10.0. The number of ether oxygens (including phenoxy) is 4. The van der Waals surface area contributed by atoms with Crippen molar-refractivity contribution in [3.05, 3.63) is 107 Å².